The first-order valence-electron chi connectivity index (χ1n) is 2.98. The fourth-order valence-electron chi connectivity index (χ4n) is 0.621. The van der Waals surface area contributed by atoms with Crippen molar-refractivity contribution in [1.82, 2.24) is 15.2 Å². The number of rotatable bonds is 3. The molecule has 0 aliphatic heterocycles. The molecule has 1 aromatic heterocycles. The lowest BCUT2D eigenvalue weighted by Crippen LogP contribution is -1.96. The van der Waals surface area contributed by atoms with E-state index in [1.807, 2.05) is 0 Å². The van der Waals surface area contributed by atoms with Gasteiger partial charge in [0.15, 0.2) is 0 Å². The lowest BCUT2D eigenvalue weighted by Gasteiger charge is -1.91. The van der Waals surface area contributed by atoms with Crippen LogP contribution in [0.3, 0.4) is 0 Å². The van der Waals surface area contributed by atoms with Crippen molar-refractivity contribution in [3.63, 3.8) is 0 Å². The lowest BCUT2D eigenvalue weighted by atomic mass is 10.4. The second-order valence-electron chi connectivity index (χ2n) is 1.88. The number of anilines is 1. The highest BCUT2D eigenvalue weighted by atomic mass is 16.5. The van der Waals surface area contributed by atoms with Crippen LogP contribution in [0, 0.1) is 0 Å². The molecular formula is C5H10N4O. The van der Waals surface area contributed by atoms with Crippen LogP contribution >= 0.6 is 0 Å². The monoisotopic (exact) mass is 142 g/mol. The molecule has 3 N–H and O–H groups in total. The second kappa shape index (κ2) is 3.17. The third-order valence-electron chi connectivity index (χ3n) is 1.09. The Morgan fingerprint density at radius 3 is 3.00 bits per heavy atom. The summed E-state index contributed by atoms with van der Waals surface area (Å²) in [4.78, 5) is 3.88. The topological polar surface area (TPSA) is 76.8 Å². The maximum Gasteiger partial charge on any atom is 0.239 e. The number of nitrogen functional groups attached to an aromatic ring is 1. The zero-order valence-corrected chi connectivity index (χ0v) is 5.79. The lowest BCUT2D eigenvalue weighted by molar-refractivity contribution is 0.200. The molecule has 56 valence electrons. The zero-order valence-electron chi connectivity index (χ0n) is 5.79. The summed E-state index contributed by atoms with van der Waals surface area (Å²) in [7, 11) is 1.64. The van der Waals surface area contributed by atoms with Crippen molar-refractivity contribution in [3.8, 4) is 0 Å². The van der Waals surface area contributed by atoms with Crippen LogP contribution in [0.1, 0.15) is 5.82 Å². The van der Waals surface area contributed by atoms with E-state index in [1.165, 1.54) is 0 Å². The number of H-pyrrole nitrogens is 1. The predicted molar refractivity (Wildman–Crippen MR) is 36.4 cm³/mol. The molecule has 0 radical (unpaired) electrons. The minimum absolute atomic E-state index is 0.283. The summed E-state index contributed by atoms with van der Waals surface area (Å²) >= 11 is 0. The zero-order chi connectivity index (χ0) is 7.40. The van der Waals surface area contributed by atoms with E-state index in [0.717, 1.165) is 12.2 Å². The van der Waals surface area contributed by atoms with Gasteiger partial charge in [0.05, 0.1) is 6.61 Å². The van der Waals surface area contributed by atoms with Gasteiger partial charge in [0, 0.05) is 13.5 Å². The number of nitrogens with one attached hydrogen (secondary N) is 1. The summed E-state index contributed by atoms with van der Waals surface area (Å²) in [6.45, 7) is 0.634. The van der Waals surface area contributed by atoms with Crippen molar-refractivity contribution in [3.05, 3.63) is 5.82 Å². The minimum Gasteiger partial charge on any atom is -0.384 e. The molecular weight excluding hydrogens is 132 g/mol. The van der Waals surface area contributed by atoms with Crippen LogP contribution in [0.15, 0.2) is 0 Å². The molecule has 0 aliphatic carbocycles. The molecule has 10 heavy (non-hydrogen) atoms. The molecule has 1 rings (SSSR count). The van der Waals surface area contributed by atoms with Gasteiger partial charge < -0.3 is 10.5 Å². The van der Waals surface area contributed by atoms with Gasteiger partial charge in [-0.15, -0.1) is 5.10 Å². The van der Waals surface area contributed by atoms with E-state index in [-0.39, 0.29) is 5.95 Å². The molecule has 0 aromatic carbocycles. The highest BCUT2D eigenvalue weighted by molar-refractivity contribution is 5.12. The molecule has 0 unspecified atom stereocenters. The average molecular weight is 142 g/mol. The van der Waals surface area contributed by atoms with E-state index < -0.39 is 0 Å². The van der Waals surface area contributed by atoms with E-state index in [0.29, 0.717) is 6.61 Å². The van der Waals surface area contributed by atoms with E-state index >= 15 is 0 Å². The largest absolute Gasteiger partial charge is 0.384 e. The summed E-state index contributed by atoms with van der Waals surface area (Å²) in [5.74, 6) is 1.05. The van der Waals surface area contributed by atoms with Crippen molar-refractivity contribution in [1.29, 1.82) is 0 Å². The minimum atomic E-state index is 0.283. The Balaban J connectivity index is 2.42. The van der Waals surface area contributed by atoms with E-state index in [4.69, 9.17) is 10.5 Å². The molecule has 0 bridgehead atoms. The molecule has 0 fully saturated rings. The fraction of sp³-hybridized carbons (Fsp3) is 0.600. The van der Waals surface area contributed by atoms with E-state index in [2.05, 4.69) is 15.2 Å². The Morgan fingerprint density at radius 1 is 1.70 bits per heavy atom. The first-order valence-corrected chi connectivity index (χ1v) is 2.98. The molecule has 1 aromatic rings. The summed E-state index contributed by atoms with van der Waals surface area (Å²) in [5.41, 5.74) is 5.26. The maximum absolute atomic E-state index is 5.26. The average Bonchev–Trinajstić information content (AvgIpc) is 2.31. The Hall–Kier alpha value is -1.10. The Bertz CT molecular complexity index is 197. The Morgan fingerprint density at radius 2 is 2.50 bits per heavy atom. The first kappa shape index (κ1) is 7.01. The second-order valence-corrected chi connectivity index (χ2v) is 1.88. The molecule has 1 heterocycles. The third kappa shape index (κ3) is 1.70. The summed E-state index contributed by atoms with van der Waals surface area (Å²) in [6.07, 6.45) is 0.723. The number of nitrogens with zero attached hydrogens (tertiary/aromatic N) is 2. The van der Waals surface area contributed by atoms with Crippen LogP contribution < -0.4 is 5.73 Å². The van der Waals surface area contributed by atoms with E-state index in [1.54, 1.807) is 7.11 Å². The third-order valence-corrected chi connectivity index (χ3v) is 1.09. The number of nitrogens with two attached hydrogens (primary N) is 1. The van der Waals surface area contributed by atoms with Crippen molar-refractivity contribution in [2.75, 3.05) is 19.5 Å². The van der Waals surface area contributed by atoms with Gasteiger partial charge in [-0.3, -0.25) is 5.10 Å². The number of hydrogen-bond acceptors (Lipinski definition) is 4. The number of ether oxygens (including phenoxy) is 1. The van der Waals surface area contributed by atoms with Crippen molar-refractivity contribution in [2.24, 2.45) is 0 Å². The van der Waals surface area contributed by atoms with Crippen molar-refractivity contribution >= 4 is 5.95 Å². The summed E-state index contributed by atoms with van der Waals surface area (Å²) < 4.78 is 4.83. The van der Waals surface area contributed by atoms with Crippen LogP contribution in [0.4, 0.5) is 5.95 Å². The van der Waals surface area contributed by atoms with Crippen LogP contribution in [-0.2, 0) is 11.2 Å². The number of hydrogen-bond donors (Lipinski definition) is 2. The first-order chi connectivity index (χ1) is 4.83. The molecule has 0 atom stereocenters. The molecule has 0 saturated heterocycles. The number of methoxy groups -OCH3 is 1. The predicted octanol–water partition coefficient (Wildman–Crippen LogP) is -0.424. The molecule has 0 amide bonds. The van der Waals surface area contributed by atoms with Gasteiger partial charge in [0.25, 0.3) is 0 Å². The van der Waals surface area contributed by atoms with Crippen molar-refractivity contribution < 1.29 is 4.74 Å². The van der Waals surface area contributed by atoms with Crippen LogP contribution in [0.2, 0.25) is 0 Å². The smallest absolute Gasteiger partial charge is 0.239 e. The maximum atomic E-state index is 5.26. The molecule has 0 spiro atoms. The Labute approximate surface area is 58.6 Å². The SMILES string of the molecule is COCCc1nc(N)n[nH]1. The molecule has 5 heteroatoms. The van der Waals surface area contributed by atoms with Crippen LogP contribution in [0.5, 0.6) is 0 Å². The van der Waals surface area contributed by atoms with Gasteiger partial charge in [0.2, 0.25) is 5.95 Å². The normalized spacial score (nSPS) is 10.1. The van der Waals surface area contributed by atoms with Gasteiger partial charge >= 0.3 is 0 Å². The number of aromatic nitrogens is 3. The molecule has 0 aliphatic rings. The quantitative estimate of drug-likeness (QED) is 0.600. The summed E-state index contributed by atoms with van der Waals surface area (Å²) in [5, 5.41) is 6.33. The van der Waals surface area contributed by atoms with Gasteiger partial charge in [-0.05, 0) is 0 Å². The van der Waals surface area contributed by atoms with Crippen LogP contribution in [0.25, 0.3) is 0 Å². The van der Waals surface area contributed by atoms with Crippen molar-refractivity contribution in [2.45, 2.75) is 6.42 Å². The standard InChI is InChI=1S/C5H10N4O/c1-10-3-2-4-7-5(6)9-8-4/h2-3H2,1H3,(H3,6,7,8,9). The van der Waals surface area contributed by atoms with Gasteiger partial charge in [0.1, 0.15) is 5.82 Å². The molecule has 0 saturated carbocycles. The van der Waals surface area contributed by atoms with Gasteiger partial charge in [-0.2, -0.15) is 4.98 Å². The highest BCUT2D eigenvalue weighted by Gasteiger charge is 1.96. The highest BCUT2D eigenvalue weighted by Crippen LogP contribution is 1.93. The fourth-order valence-corrected chi connectivity index (χ4v) is 0.621. The van der Waals surface area contributed by atoms with Gasteiger partial charge in [-0.1, -0.05) is 0 Å². The van der Waals surface area contributed by atoms with Crippen LogP contribution in [-0.4, -0.2) is 28.9 Å². The number of aromatic amines is 1. The molecule has 5 nitrogen and oxygen atoms in total. The summed E-state index contributed by atoms with van der Waals surface area (Å²) in [6, 6.07) is 0. The Kier molecular flexibility index (Phi) is 2.22. The van der Waals surface area contributed by atoms with Gasteiger partial charge in [-0.25, -0.2) is 0 Å². The van der Waals surface area contributed by atoms with E-state index in [9.17, 15) is 0 Å².